The molecule has 26 heavy (non-hydrogen) atoms. The van der Waals surface area contributed by atoms with Crippen LogP contribution in [0.4, 0.5) is 0 Å². The zero-order chi connectivity index (χ0) is 20.4. The van der Waals surface area contributed by atoms with E-state index < -0.39 is 0 Å². The first-order valence-corrected chi connectivity index (χ1v) is 11.4. The van der Waals surface area contributed by atoms with E-state index in [2.05, 4.69) is 67.3 Å². The predicted octanol–water partition coefficient (Wildman–Crippen LogP) is 9.00. The van der Waals surface area contributed by atoms with E-state index in [0.717, 1.165) is 31.4 Å². The molecule has 0 amide bonds. The Morgan fingerprint density at radius 3 is 1.81 bits per heavy atom. The van der Waals surface area contributed by atoms with Crippen LogP contribution in [-0.4, -0.2) is 10.6 Å². The van der Waals surface area contributed by atoms with Gasteiger partial charge in [0.1, 0.15) is 0 Å². The minimum atomic E-state index is -0.172. The Labute approximate surface area is 175 Å². The number of rotatable bonds is 15. The van der Waals surface area contributed by atoms with Crippen LogP contribution in [-0.2, 0) is 0 Å². The Balaban J connectivity index is 3.90. The molecule has 0 aliphatic carbocycles. The van der Waals surface area contributed by atoms with Crippen LogP contribution in [0, 0.1) is 10.8 Å². The van der Waals surface area contributed by atoms with E-state index in [1.54, 1.807) is 0 Å². The highest BCUT2D eigenvalue weighted by Crippen LogP contribution is 2.41. The SMILES string of the molecule is C=C(CCCCCC(=C)CC(C)(C)CCCS)CCC(C)(C)C(C)(C)Cl. The maximum absolute atomic E-state index is 6.52. The van der Waals surface area contributed by atoms with Gasteiger partial charge in [-0.25, -0.2) is 0 Å². The van der Waals surface area contributed by atoms with Gasteiger partial charge in [-0.3, -0.25) is 0 Å². The number of alkyl halides is 1. The third-order valence-electron chi connectivity index (χ3n) is 6.01. The first-order valence-electron chi connectivity index (χ1n) is 10.4. The number of allylic oxidation sites excluding steroid dienone is 2. The molecule has 0 saturated heterocycles. The fourth-order valence-electron chi connectivity index (χ4n) is 3.25. The second kappa shape index (κ2) is 11.8. The highest BCUT2D eigenvalue weighted by Gasteiger charge is 2.34. The lowest BCUT2D eigenvalue weighted by Crippen LogP contribution is -2.33. The molecule has 0 bridgehead atoms. The van der Waals surface area contributed by atoms with Crippen molar-refractivity contribution in [3.8, 4) is 0 Å². The monoisotopic (exact) mass is 400 g/mol. The quantitative estimate of drug-likeness (QED) is 0.120. The van der Waals surface area contributed by atoms with Crippen LogP contribution in [0.5, 0.6) is 0 Å². The van der Waals surface area contributed by atoms with E-state index in [9.17, 15) is 0 Å². The Hall–Kier alpha value is 0.120. The summed E-state index contributed by atoms with van der Waals surface area (Å²) in [4.78, 5) is -0.172. The molecule has 0 N–H and O–H groups in total. The van der Waals surface area contributed by atoms with Crippen molar-refractivity contribution in [3.63, 3.8) is 0 Å². The third-order valence-corrected chi connectivity index (χ3v) is 6.84. The zero-order valence-corrected chi connectivity index (χ0v) is 20.2. The molecular weight excluding hydrogens is 356 g/mol. The van der Waals surface area contributed by atoms with Gasteiger partial charge in [0.05, 0.1) is 0 Å². The topological polar surface area (TPSA) is 0 Å². The molecule has 0 aromatic heterocycles. The lowest BCUT2D eigenvalue weighted by Gasteiger charge is -2.37. The van der Waals surface area contributed by atoms with Crippen molar-refractivity contribution in [2.24, 2.45) is 10.8 Å². The highest BCUT2D eigenvalue weighted by atomic mass is 35.5. The summed E-state index contributed by atoms with van der Waals surface area (Å²) in [6, 6.07) is 0. The fraction of sp³-hybridized carbons (Fsp3) is 0.833. The molecule has 0 atom stereocenters. The lowest BCUT2D eigenvalue weighted by atomic mass is 9.76. The van der Waals surface area contributed by atoms with E-state index in [1.165, 1.54) is 49.7 Å². The van der Waals surface area contributed by atoms with Gasteiger partial charge < -0.3 is 0 Å². The van der Waals surface area contributed by atoms with Crippen LogP contribution in [0.15, 0.2) is 24.3 Å². The van der Waals surface area contributed by atoms with Crippen LogP contribution < -0.4 is 0 Å². The maximum Gasteiger partial charge on any atom is 0.0441 e. The minimum Gasteiger partial charge on any atom is -0.179 e. The molecule has 0 spiro atoms. The van der Waals surface area contributed by atoms with E-state index >= 15 is 0 Å². The van der Waals surface area contributed by atoms with E-state index in [-0.39, 0.29) is 10.3 Å². The minimum absolute atomic E-state index is 0.134. The van der Waals surface area contributed by atoms with Crippen LogP contribution in [0.25, 0.3) is 0 Å². The largest absolute Gasteiger partial charge is 0.179 e. The molecule has 0 heterocycles. The highest BCUT2D eigenvalue weighted by molar-refractivity contribution is 7.80. The first kappa shape index (κ1) is 26.1. The van der Waals surface area contributed by atoms with E-state index in [0.29, 0.717) is 5.41 Å². The predicted molar refractivity (Wildman–Crippen MR) is 126 cm³/mol. The smallest absolute Gasteiger partial charge is 0.0441 e. The van der Waals surface area contributed by atoms with Gasteiger partial charge in [-0.05, 0) is 88.2 Å². The molecule has 0 aromatic carbocycles. The van der Waals surface area contributed by atoms with Crippen molar-refractivity contribution in [2.75, 3.05) is 5.75 Å². The van der Waals surface area contributed by atoms with Gasteiger partial charge in [0, 0.05) is 4.87 Å². The average molecular weight is 401 g/mol. The number of hydrogen-bond donors (Lipinski definition) is 1. The summed E-state index contributed by atoms with van der Waals surface area (Å²) in [7, 11) is 0. The van der Waals surface area contributed by atoms with Crippen molar-refractivity contribution in [3.05, 3.63) is 24.3 Å². The summed E-state index contributed by atoms with van der Waals surface area (Å²) >= 11 is 10.8. The van der Waals surface area contributed by atoms with Crippen LogP contribution in [0.1, 0.15) is 106 Å². The normalized spacial score (nSPS) is 13.1. The number of thiol groups is 1. The summed E-state index contributed by atoms with van der Waals surface area (Å²) in [6.45, 7) is 22.1. The lowest BCUT2D eigenvalue weighted by molar-refractivity contribution is 0.253. The summed E-state index contributed by atoms with van der Waals surface area (Å²) in [5.41, 5.74) is 3.30. The van der Waals surface area contributed by atoms with E-state index in [1.807, 2.05) is 0 Å². The molecule has 0 fully saturated rings. The second-order valence-corrected chi connectivity index (χ2v) is 11.5. The average Bonchev–Trinajstić information content (AvgIpc) is 2.49. The molecule has 0 radical (unpaired) electrons. The number of halogens is 1. The van der Waals surface area contributed by atoms with Crippen molar-refractivity contribution >= 4 is 24.2 Å². The van der Waals surface area contributed by atoms with Crippen LogP contribution >= 0.6 is 24.2 Å². The second-order valence-electron chi connectivity index (χ2n) is 10.1. The van der Waals surface area contributed by atoms with Crippen molar-refractivity contribution in [2.45, 2.75) is 111 Å². The fourth-order valence-corrected chi connectivity index (χ4v) is 3.50. The first-order chi connectivity index (χ1) is 11.8. The Morgan fingerprint density at radius 1 is 0.769 bits per heavy atom. The van der Waals surface area contributed by atoms with Gasteiger partial charge in [-0.1, -0.05) is 58.4 Å². The van der Waals surface area contributed by atoms with E-state index in [4.69, 9.17) is 11.6 Å². The Bertz CT molecular complexity index is 426. The number of unbranched alkanes of at least 4 members (excludes halogenated alkanes) is 2. The molecule has 154 valence electrons. The molecule has 0 aromatic rings. The van der Waals surface area contributed by atoms with Crippen molar-refractivity contribution < 1.29 is 0 Å². The zero-order valence-electron chi connectivity index (χ0n) is 18.5. The summed E-state index contributed by atoms with van der Waals surface area (Å²) in [6.07, 6.45) is 11.9. The van der Waals surface area contributed by atoms with Gasteiger partial charge in [0.25, 0.3) is 0 Å². The molecular formula is C24H45ClS. The maximum atomic E-state index is 6.52. The molecule has 0 nitrogen and oxygen atoms in total. The van der Waals surface area contributed by atoms with Gasteiger partial charge >= 0.3 is 0 Å². The standard InChI is InChI=1S/C24H45ClS/c1-20(15-17-23(5,6)24(7,8)25)13-10-9-11-14-21(2)19-22(3,4)16-12-18-26/h26H,1-2,9-19H2,3-8H3. The Kier molecular flexibility index (Phi) is 11.9. The van der Waals surface area contributed by atoms with Gasteiger partial charge in [-0.2, -0.15) is 12.6 Å². The molecule has 0 unspecified atom stereocenters. The third kappa shape index (κ3) is 11.8. The molecule has 2 heteroatoms. The molecule has 0 saturated carbocycles. The molecule has 0 aliphatic heterocycles. The summed E-state index contributed by atoms with van der Waals surface area (Å²) < 4.78 is 0. The van der Waals surface area contributed by atoms with Gasteiger partial charge in [-0.15, -0.1) is 11.6 Å². The van der Waals surface area contributed by atoms with Crippen LogP contribution in [0.3, 0.4) is 0 Å². The molecule has 0 rings (SSSR count). The Morgan fingerprint density at radius 2 is 1.31 bits per heavy atom. The molecule has 0 aliphatic rings. The summed E-state index contributed by atoms with van der Waals surface area (Å²) in [5, 5.41) is 0. The van der Waals surface area contributed by atoms with Crippen molar-refractivity contribution in [1.29, 1.82) is 0 Å². The van der Waals surface area contributed by atoms with Crippen molar-refractivity contribution in [1.82, 2.24) is 0 Å². The van der Waals surface area contributed by atoms with Crippen LogP contribution in [0.2, 0.25) is 0 Å². The number of hydrogen-bond acceptors (Lipinski definition) is 1. The van der Waals surface area contributed by atoms with Gasteiger partial charge in [0.15, 0.2) is 0 Å². The summed E-state index contributed by atoms with van der Waals surface area (Å²) in [5.74, 6) is 0.985. The van der Waals surface area contributed by atoms with Gasteiger partial charge in [0.2, 0.25) is 0 Å².